The van der Waals surface area contributed by atoms with Gasteiger partial charge in [0.15, 0.2) is 0 Å². The molecule has 0 radical (unpaired) electrons. The molecule has 116 valence electrons. The first kappa shape index (κ1) is 14.5. The van der Waals surface area contributed by atoms with Gasteiger partial charge in [-0.3, -0.25) is 19.8 Å². The Hall–Kier alpha value is -1.43. The van der Waals surface area contributed by atoms with Crippen LogP contribution in [0.4, 0.5) is 4.79 Å². The number of hydrogen-bond donors (Lipinski definition) is 1. The van der Waals surface area contributed by atoms with Gasteiger partial charge < -0.3 is 4.74 Å². The molecule has 1 atom stereocenters. The molecule has 6 nitrogen and oxygen atoms in total. The standard InChI is InChI=1S/C15H22N2O4/c1-14(6-5-9-21-10-14)17-12(19)15(7-3-2-4-8-15)11(18)16-13(17)20/h2-10H2,1H3,(H,16,18,20). The van der Waals surface area contributed by atoms with Crippen molar-refractivity contribution in [3.63, 3.8) is 0 Å². The van der Waals surface area contributed by atoms with Gasteiger partial charge in [-0.15, -0.1) is 0 Å². The number of nitrogens with one attached hydrogen (secondary N) is 1. The van der Waals surface area contributed by atoms with Crippen LogP contribution in [0.15, 0.2) is 0 Å². The molecule has 2 aliphatic heterocycles. The Morgan fingerprint density at radius 2 is 1.76 bits per heavy atom. The van der Waals surface area contributed by atoms with Crippen LogP contribution in [0.25, 0.3) is 0 Å². The maximum absolute atomic E-state index is 13.0. The van der Waals surface area contributed by atoms with Crippen LogP contribution in [-0.2, 0) is 14.3 Å². The van der Waals surface area contributed by atoms with Crippen molar-refractivity contribution in [1.82, 2.24) is 10.2 Å². The van der Waals surface area contributed by atoms with Crippen molar-refractivity contribution in [2.75, 3.05) is 13.2 Å². The van der Waals surface area contributed by atoms with Gasteiger partial charge in [0, 0.05) is 6.61 Å². The zero-order chi connectivity index (χ0) is 15.1. The SMILES string of the molecule is CC1(N2C(=O)NC(=O)C3(CCCCC3)C2=O)CCCOC1. The Balaban J connectivity index is 1.94. The van der Waals surface area contributed by atoms with Crippen molar-refractivity contribution in [3.05, 3.63) is 0 Å². The number of rotatable bonds is 1. The largest absolute Gasteiger partial charge is 0.379 e. The Morgan fingerprint density at radius 3 is 2.38 bits per heavy atom. The molecular weight excluding hydrogens is 272 g/mol. The molecule has 4 amide bonds. The first-order chi connectivity index (χ1) is 10.00. The zero-order valence-corrected chi connectivity index (χ0v) is 12.4. The van der Waals surface area contributed by atoms with Gasteiger partial charge in [-0.05, 0) is 32.6 Å². The number of urea groups is 1. The fourth-order valence-electron chi connectivity index (χ4n) is 3.86. The van der Waals surface area contributed by atoms with Crippen molar-refractivity contribution in [1.29, 1.82) is 0 Å². The van der Waals surface area contributed by atoms with Gasteiger partial charge in [0.05, 0.1) is 12.1 Å². The van der Waals surface area contributed by atoms with Gasteiger partial charge >= 0.3 is 6.03 Å². The highest BCUT2D eigenvalue weighted by Crippen LogP contribution is 2.42. The summed E-state index contributed by atoms with van der Waals surface area (Å²) < 4.78 is 5.48. The van der Waals surface area contributed by atoms with E-state index in [0.717, 1.165) is 32.1 Å². The molecule has 1 aliphatic carbocycles. The topological polar surface area (TPSA) is 75.7 Å². The van der Waals surface area contributed by atoms with E-state index < -0.39 is 22.9 Å². The third kappa shape index (κ3) is 2.16. The molecular formula is C15H22N2O4. The van der Waals surface area contributed by atoms with Gasteiger partial charge in [-0.1, -0.05) is 19.3 Å². The lowest BCUT2D eigenvalue weighted by atomic mass is 9.70. The number of hydrogen-bond acceptors (Lipinski definition) is 4. The predicted molar refractivity (Wildman–Crippen MR) is 74.4 cm³/mol. The molecule has 3 aliphatic rings. The molecule has 1 spiro atoms. The number of imide groups is 2. The Bertz CT molecular complexity index is 476. The van der Waals surface area contributed by atoms with Crippen molar-refractivity contribution in [2.24, 2.45) is 5.41 Å². The molecule has 6 heteroatoms. The molecule has 21 heavy (non-hydrogen) atoms. The zero-order valence-electron chi connectivity index (χ0n) is 12.4. The van der Waals surface area contributed by atoms with E-state index in [-0.39, 0.29) is 5.91 Å². The van der Waals surface area contributed by atoms with Crippen LogP contribution in [0.3, 0.4) is 0 Å². The van der Waals surface area contributed by atoms with E-state index in [0.29, 0.717) is 26.1 Å². The van der Waals surface area contributed by atoms with E-state index in [4.69, 9.17) is 4.74 Å². The van der Waals surface area contributed by atoms with E-state index in [9.17, 15) is 14.4 Å². The molecule has 1 N–H and O–H groups in total. The van der Waals surface area contributed by atoms with Crippen LogP contribution < -0.4 is 5.32 Å². The summed E-state index contributed by atoms with van der Waals surface area (Å²) in [7, 11) is 0. The Labute approximate surface area is 124 Å². The number of nitrogens with zero attached hydrogens (tertiary/aromatic N) is 1. The fourth-order valence-corrected chi connectivity index (χ4v) is 3.86. The summed E-state index contributed by atoms with van der Waals surface area (Å²) in [4.78, 5) is 38.9. The van der Waals surface area contributed by atoms with Crippen LogP contribution in [0.2, 0.25) is 0 Å². The lowest BCUT2D eigenvalue weighted by Crippen LogP contribution is -2.70. The second-order valence-electron chi connectivity index (χ2n) is 6.70. The summed E-state index contributed by atoms with van der Waals surface area (Å²) in [6, 6.07) is -0.589. The number of carbonyl (C=O) groups excluding carboxylic acids is 3. The minimum absolute atomic E-state index is 0.316. The van der Waals surface area contributed by atoms with Crippen LogP contribution in [0.1, 0.15) is 51.9 Å². The average Bonchev–Trinajstić information content (AvgIpc) is 2.47. The van der Waals surface area contributed by atoms with Crippen molar-refractivity contribution in [3.8, 4) is 0 Å². The van der Waals surface area contributed by atoms with Crippen LogP contribution in [0, 0.1) is 5.41 Å². The molecule has 3 rings (SSSR count). The molecule has 3 fully saturated rings. The van der Waals surface area contributed by atoms with Crippen molar-refractivity contribution < 1.29 is 19.1 Å². The summed E-state index contributed by atoms with van der Waals surface area (Å²) in [5.41, 5.74) is -1.68. The van der Waals surface area contributed by atoms with E-state index in [1.54, 1.807) is 0 Å². The number of amides is 4. The number of ether oxygens (including phenoxy) is 1. The highest BCUT2D eigenvalue weighted by atomic mass is 16.5. The van der Waals surface area contributed by atoms with Gasteiger partial charge in [-0.2, -0.15) is 0 Å². The minimum Gasteiger partial charge on any atom is -0.379 e. The van der Waals surface area contributed by atoms with E-state index in [2.05, 4.69) is 5.32 Å². The monoisotopic (exact) mass is 294 g/mol. The molecule has 0 aromatic rings. The Kier molecular flexibility index (Phi) is 3.51. The molecule has 0 aromatic carbocycles. The smallest absolute Gasteiger partial charge is 0.331 e. The minimum atomic E-state index is -1.04. The first-order valence-corrected chi connectivity index (χ1v) is 7.77. The summed E-state index contributed by atoms with van der Waals surface area (Å²) in [5, 5.41) is 2.41. The quantitative estimate of drug-likeness (QED) is 0.745. The van der Waals surface area contributed by atoms with Gasteiger partial charge in [0.25, 0.3) is 0 Å². The van der Waals surface area contributed by atoms with Crippen molar-refractivity contribution in [2.45, 2.75) is 57.4 Å². The van der Waals surface area contributed by atoms with E-state index in [1.165, 1.54) is 4.90 Å². The second-order valence-corrected chi connectivity index (χ2v) is 6.70. The summed E-state index contributed by atoms with van der Waals surface area (Å²) >= 11 is 0. The summed E-state index contributed by atoms with van der Waals surface area (Å²) in [6.45, 7) is 2.87. The molecule has 0 aromatic heterocycles. The highest BCUT2D eigenvalue weighted by Gasteiger charge is 2.57. The molecule has 2 heterocycles. The highest BCUT2D eigenvalue weighted by molar-refractivity contribution is 6.19. The third-order valence-electron chi connectivity index (χ3n) is 5.13. The van der Waals surface area contributed by atoms with Gasteiger partial charge in [0.1, 0.15) is 5.41 Å². The number of barbiturate groups is 1. The summed E-state index contributed by atoms with van der Waals surface area (Å²) in [6.07, 6.45) is 5.36. The molecule has 1 saturated carbocycles. The van der Waals surface area contributed by atoms with E-state index in [1.807, 2.05) is 6.92 Å². The second kappa shape index (κ2) is 5.09. The van der Waals surface area contributed by atoms with Crippen LogP contribution in [-0.4, -0.2) is 41.5 Å². The molecule has 0 bridgehead atoms. The van der Waals surface area contributed by atoms with Crippen LogP contribution in [0.5, 0.6) is 0 Å². The van der Waals surface area contributed by atoms with Crippen molar-refractivity contribution >= 4 is 17.8 Å². The number of carbonyl (C=O) groups is 3. The maximum Gasteiger partial charge on any atom is 0.331 e. The lowest BCUT2D eigenvalue weighted by Gasteiger charge is -2.49. The van der Waals surface area contributed by atoms with E-state index >= 15 is 0 Å². The van der Waals surface area contributed by atoms with Gasteiger partial charge in [-0.25, -0.2) is 4.79 Å². The summed E-state index contributed by atoms with van der Waals surface area (Å²) in [5.74, 6) is -0.724. The molecule has 2 saturated heterocycles. The average molecular weight is 294 g/mol. The lowest BCUT2D eigenvalue weighted by molar-refractivity contribution is -0.161. The van der Waals surface area contributed by atoms with Crippen LogP contribution >= 0.6 is 0 Å². The Morgan fingerprint density at radius 1 is 1.05 bits per heavy atom. The van der Waals surface area contributed by atoms with Gasteiger partial charge in [0.2, 0.25) is 11.8 Å². The third-order valence-corrected chi connectivity index (χ3v) is 5.13. The normalized spacial score (nSPS) is 33.2. The predicted octanol–water partition coefficient (Wildman–Crippen LogP) is 1.58. The first-order valence-electron chi connectivity index (χ1n) is 7.77. The fraction of sp³-hybridized carbons (Fsp3) is 0.800. The molecule has 1 unspecified atom stereocenters. The maximum atomic E-state index is 13.0.